The molecule has 1 heterocycles. The summed E-state index contributed by atoms with van der Waals surface area (Å²) >= 11 is 0. The Hall–Kier alpha value is -2.81. The van der Waals surface area contributed by atoms with Gasteiger partial charge in [0.25, 0.3) is 0 Å². The number of aromatic nitrogens is 1. The van der Waals surface area contributed by atoms with E-state index in [0.717, 1.165) is 28.0 Å². The normalized spacial score (nSPS) is 10.4. The second-order valence-electron chi connectivity index (χ2n) is 5.21. The fraction of sp³-hybridized carbons (Fsp3) is 0.105. The lowest BCUT2D eigenvalue weighted by atomic mass is 10.0. The zero-order valence-electron chi connectivity index (χ0n) is 12.5. The molecule has 0 radical (unpaired) electrons. The Morgan fingerprint density at radius 1 is 1.00 bits per heavy atom. The van der Waals surface area contributed by atoms with Crippen LogP contribution in [0.3, 0.4) is 0 Å². The predicted molar refractivity (Wildman–Crippen MR) is 89.6 cm³/mol. The van der Waals surface area contributed by atoms with E-state index in [-0.39, 0.29) is 0 Å². The summed E-state index contributed by atoms with van der Waals surface area (Å²) < 4.78 is 5.80. The van der Waals surface area contributed by atoms with Gasteiger partial charge in [0.15, 0.2) is 0 Å². The van der Waals surface area contributed by atoms with E-state index in [9.17, 15) is 0 Å². The van der Waals surface area contributed by atoms with Crippen LogP contribution in [0.2, 0.25) is 0 Å². The van der Waals surface area contributed by atoms with Crippen LogP contribution in [0, 0.1) is 6.92 Å². The summed E-state index contributed by atoms with van der Waals surface area (Å²) in [5.41, 5.74) is 11.2. The van der Waals surface area contributed by atoms with Gasteiger partial charge >= 0.3 is 0 Å². The Morgan fingerprint density at radius 2 is 1.82 bits per heavy atom. The van der Waals surface area contributed by atoms with Crippen molar-refractivity contribution < 1.29 is 4.74 Å². The molecule has 3 heteroatoms. The zero-order chi connectivity index (χ0) is 15.4. The molecule has 2 aromatic carbocycles. The Balaban J connectivity index is 1.79. The fourth-order valence-corrected chi connectivity index (χ4v) is 2.36. The van der Waals surface area contributed by atoms with E-state index < -0.39 is 0 Å². The molecule has 0 spiro atoms. The first-order chi connectivity index (χ1) is 10.7. The van der Waals surface area contributed by atoms with Gasteiger partial charge in [-0.15, -0.1) is 0 Å². The highest BCUT2D eigenvalue weighted by Crippen LogP contribution is 2.31. The second-order valence-corrected chi connectivity index (χ2v) is 5.21. The van der Waals surface area contributed by atoms with Crippen LogP contribution in [-0.2, 0) is 6.61 Å². The minimum absolute atomic E-state index is 0.533. The van der Waals surface area contributed by atoms with Gasteiger partial charge in [0.05, 0.1) is 0 Å². The molecule has 0 saturated carbocycles. The molecule has 1 aromatic heterocycles. The molecule has 0 atom stereocenters. The Bertz CT molecular complexity index is 769. The molecular formula is C19H18N2O. The van der Waals surface area contributed by atoms with Crippen LogP contribution in [0.4, 0.5) is 5.69 Å². The number of benzene rings is 2. The van der Waals surface area contributed by atoms with Crippen molar-refractivity contribution in [2.75, 3.05) is 5.73 Å². The first-order valence-electron chi connectivity index (χ1n) is 7.21. The number of nitrogens with two attached hydrogens (primary N) is 1. The summed E-state index contributed by atoms with van der Waals surface area (Å²) in [7, 11) is 0. The molecular weight excluding hydrogens is 272 g/mol. The average Bonchev–Trinajstić information content (AvgIpc) is 2.55. The topological polar surface area (TPSA) is 48.1 Å². The summed E-state index contributed by atoms with van der Waals surface area (Å²) in [6, 6.07) is 17.8. The van der Waals surface area contributed by atoms with Crippen molar-refractivity contribution in [3.8, 4) is 16.9 Å². The number of rotatable bonds is 4. The number of ether oxygens (including phenoxy) is 1. The monoisotopic (exact) mass is 290 g/mol. The van der Waals surface area contributed by atoms with Crippen molar-refractivity contribution in [3.05, 3.63) is 78.1 Å². The molecule has 0 aliphatic rings. The van der Waals surface area contributed by atoms with E-state index in [1.165, 1.54) is 0 Å². The SMILES string of the molecule is Cc1ccncc1-c1ccc(OCc2ccccc2)cc1N. The van der Waals surface area contributed by atoms with Gasteiger partial charge in [-0.05, 0) is 36.2 Å². The molecule has 3 aromatic rings. The molecule has 2 N–H and O–H groups in total. The largest absolute Gasteiger partial charge is 0.489 e. The van der Waals surface area contributed by atoms with Gasteiger partial charge in [-0.1, -0.05) is 30.3 Å². The van der Waals surface area contributed by atoms with Gasteiger partial charge in [0.2, 0.25) is 0 Å². The van der Waals surface area contributed by atoms with Crippen LogP contribution in [0.15, 0.2) is 67.0 Å². The van der Waals surface area contributed by atoms with E-state index in [0.29, 0.717) is 12.3 Å². The second kappa shape index (κ2) is 6.31. The van der Waals surface area contributed by atoms with Crippen molar-refractivity contribution in [2.45, 2.75) is 13.5 Å². The van der Waals surface area contributed by atoms with Crippen LogP contribution >= 0.6 is 0 Å². The summed E-state index contributed by atoms with van der Waals surface area (Å²) in [6.07, 6.45) is 3.62. The Kier molecular flexibility index (Phi) is 4.05. The lowest BCUT2D eigenvalue weighted by molar-refractivity contribution is 0.306. The Labute approximate surface area is 130 Å². The first-order valence-corrected chi connectivity index (χ1v) is 7.21. The van der Waals surface area contributed by atoms with Crippen LogP contribution < -0.4 is 10.5 Å². The molecule has 0 amide bonds. The number of hydrogen-bond acceptors (Lipinski definition) is 3. The Morgan fingerprint density at radius 3 is 2.55 bits per heavy atom. The van der Waals surface area contributed by atoms with Gasteiger partial charge in [0, 0.05) is 35.3 Å². The number of nitrogens with zero attached hydrogens (tertiary/aromatic N) is 1. The smallest absolute Gasteiger partial charge is 0.121 e. The summed E-state index contributed by atoms with van der Waals surface area (Å²) in [5.74, 6) is 0.770. The molecule has 3 rings (SSSR count). The van der Waals surface area contributed by atoms with Crippen LogP contribution in [-0.4, -0.2) is 4.98 Å². The van der Waals surface area contributed by atoms with Crippen molar-refractivity contribution in [1.29, 1.82) is 0 Å². The average molecular weight is 290 g/mol. The molecule has 0 aliphatic carbocycles. The maximum Gasteiger partial charge on any atom is 0.121 e. The van der Waals surface area contributed by atoms with Crippen molar-refractivity contribution in [2.24, 2.45) is 0 Å². The van der Waals surface area contributed by atoms with Gasteiger partial charge in [-0.3, -0.25) is 4.98 Å². The van der Waals surface area contributed by atoms with E-state index in [2.05, 4.69) is 11.9 Å². The highest BCUT2D eigenvalue weighted by Gasteiger charge is 2.07. The lowest BCUT2D eigenvalue weighted by Crippen LogP contribution is -1.97. The third-order valence-corrected chi connectivity index (χ3v) is 3.60. The number of pyridine rings is 1. The molecule has 3 nitrogen and oxygen atoms in total. The third kappa shape index (κ3) is 3.09. The molecule has 0 fully saturated rings. The molecule has 0 aliphatic heterocycles. The van der Waals surface area contributed by atoms with E-state index >= 15 is 0 Å². The van der Waals surface area contributed by atoms with Crippen molar-refractivity contribution >= 4 is 5.69 Å². The number of aryl methyl sites for hydroxylation is 1. The summed E-state index contributed by atoms with van der Waals surface area (Å²) in [6.45, 7) is 2.59. The summed E-state index contributed by atoms with van der Waals surface area (Å²) in [5, 5.41) is 0. The quantitative estimate of drug-likeness (QED) is 0.732. The van der Waals surface area contributed by atoms with Gasteiger partial charge < -0.3 is 10.5 Å². The van der Waals surface area contributed by atoms with Crippen molar-refractivity contribution in [3.63, 3.8) is 0 Å². The van der Waals surface area contributed by atoms with Crippen molar-refractivity contribution in [1.82, 2.24) is 4.98 Å². The number of nitrogen functional groups attached to an aromatic ring is 1. The highest BCUT2D eigenvalue weighted by molar-refractivity contribution is 5.78. The maximum atomic E-state index is 6.18. The van der Waals surface area contributed by atoms with Crippen LogP contribution in [0.5, 0.6) is 5.75 Å². The standard InChI is InChI=1S/C19H18N2O/c1-14-9-10-21-12-18(14)17-8-7-16(11-19(17)20)22-13-15-5-3-2-4-6-15/h2-12H,13,20H2,1H3. The van der Waals surface area contributed by atoms with Gasteiger partial charge in [-0.2, -0.15) is 0 Å². The van der Waals surface area contributed by atoms with Crippen LogP contribution in [0.25, 0.3) is 11.1 Å². The van der Waals surface area contributed by atoms with Gasteiger partial charge in [-0.25, -0.2) is 0 Å². The van der Waals surface area contributed by atoms with E-state index in [1.54, 1.807) is 6.20 Å². The minimum atomic E-state index is 0.533. The molecule has 22 heavy (non-hydrogen) atoms. The van der Waals surface area contributed by atoms with Gasteiger partial charge in [0.1, 0.15) is 12.4 Å². The highest BCUT2D eigenvalue weighted by atomic mass is 16.5. The predicted octanol–water partition coefficient (Wildman–Crippen LogP) is 4.22. The molecule has 0 bridgehead atoms. The maximum absolute atomic E-state index is 6.18. The fourth-order valence-electron chi connectivity index (χ4n) is 2.36. The molecule has 0 unspecified atom stereocenters. The van der Waals surface area contributed by atoms with E-state index in [1.807, 2.05) is 60.8 Å². The first kappa shape index (κ1) is 14.1. The summed E-state index contributed by atoms with van der Waals surface area (Å²) in [4.78, 5) is 4.17. The number of anilines is 1. The zero-order valence-corrected chi connectivity index (χ0v) is 12.5. The molecule has 110 valence electrons. The minimum Gasteiger partial charge on any atom is -0.489 e. The number of hydrogen-bond donors (Lipinski definition) is 1. The van der Waals surface area contributed by atoms with Crippen LogP contribution in [0.1, 0.15) is 11.1 Å². The van der Waals surface area contributed by atoms with E-state index in [4.69, 9.17) is 10.5 Å². The molecule has 0 saturated heterocycles. The lowest BCUT2D eigenvalue weighted by Gasteiger charge is -2.11. The third-order valence-electron chi connectivity index (χ3n) is 3.60.